The molecular formula is C20H22N8O3S. The topological polar surface area (TPSA) is 133 Å². The quantitative estimate of drug-likeness (QED) is 0.452. The van der Waals surface area contributed by atoms with Crippen molar-refractivity contribution in [3.05, 3.63) is 54.9 Å². The zero-order valence-corrected chi connectivity index (χ0v) is 18.1. The second-order valence-electron chi connectivity index (χ2n) is 7.65. The number of piperazine rings is 1. The molecule has 12 heteroatoms. The smallest absolute Gasteiger partial charge is 0.211 e. The van der Waals surface area contributed by atoms with E-state index in [1.54, 1.807) is 41.7 Å². The molecule has 5 heterocycles. The maximum absolute atomic E-state index is 11.7. The van der Waals surface area contributed by atoms with Gasteiger partial charge in [0.15, 0.2) is 11.5 Å². The zero-order chi connectivity index (χ0) is 22.3. The minimum atomic E-state index is -3.21. The first-order valence-corrected chi connectivity index (χ1v) is 11.9. The van der Waals surface area contributed by atoms with E-state index < -0.39 is 16.3 Å². The number of fused-ring (bicyclic) bond motifs is 1. The van der Waals surface area contributed by atoms with Crippen molar-refractivity contribution in [2.45, 2.75) is 6.23 Å². The third-order valence-electron chi connectivity index (χ3n) is 5.61. The number of aromatic amines is 1. The number of hydrogen-bond acceptors (Lipinski definition) is 8. The predicted octanol–water partition coefficient (Wildman–Crippen LogP) is 0.774. The van der Waals surface area contributed by atoms with Crippen LogP contribution in [0.25, 0.3) is 28.1 Å². The summed E-state index contributed by atoms with van der Waals surface area (Å²) >= 11 is 0. The summed E-state index contributed by atoms with van der Waals surface area (Å²) in [6, 6.07) is 5.50. The SMILES string of the molecule is CS(=O)(=O)N1CCN(C(O)c2ccc(-n3cc(-c4ccnc5nc[nH]c45)cn3)nc2)CC1. The van der Waals surface area contributed by atoms with Crippen LogP contribution in [0.1, 0.15) is 11.8 Å². The lowest BCUT2D eigenvalue weighted by molar-refractivity contribution is -0.0161. The molecule has 11 nitrogen and oxygen atoms in total. The Hall–Kier alpha value is -3.19. The molecule has 1 fully saturated rings. The second-order valence-corrected chi connectivity index (χ2v) is 9.64. The van der Waals surface area contributed by atoms with Gasteiger partial charge in [0.1, 0.15) is 6.23 Å². The Bertz CT molecular complexity index is 1340. The third kappa shape index (κ3) is 3.88. The monoisotopic (exact) mass is 454 g/mol. The van der Waals surface area contributed by atoms with Crippen LogP contribution in [0.2, 0.25) is 0 Å². The van der Waals surface area contributed by atoms with E-state index in [1.165, 1.54) is 10.6 Å². The Labute approximate surface area is 184 Å². The first kappa shape index (κ1) is 20.7. The van der Waals surface area contributed by atoms with E-state index in [-0.39, 0.29) is 0 Å². The van der Waals surface area contributed by atoms with E-state index in [0.717, 1.165) is 16.6 Å². The Morgan fingerprint density at radius 2 is 1.88 bits per heavy atom. The van der Waals surface area contributed by atoms with Crippen molar-refractivity contribution >= 4 is 21.2 Å². The number of aliphatic hydroxyl groups excluding tert-OH is 1. The highest BCUT2D eigenvalue weighted by Gasteiger charge is 2.27. The highest BCUT2D eigenvalue weighted by molar-refractivity contribution is 7.88. The molecule has 0 radical (unpaired) electrons. The number of H-pyrrole nitrogens is 1. The van der Waals surface area contributed by atoms with Crippen LogP contribution in [-0.2, 0) is 10.0 Å². The molecule has 0 bridgehead atoms. The van der Waals surface area contributed by atoms with Crippen LogP contribution < -0.4 is 0 Å². The number of sulfonamides is 1. The maximum atomic E-state index is 11.7. The standard InChI is InChI=1S/C20H22N8O3S/c1-32(30,31)27-8-6-26(7-9-27)20(29)14-2-3-17(22-10-14)28-12-15(11-25-28)16-4-5-21-19-18(16)23-13-24-19/h2-5,10-13,20,29H,6-9H2,1H3,(H,21,23,24). The van der Waals surface area contributed by atoms with Crippen molar-refractivity contribution in [1.82, 2.24) is 38.9 Å². The van der Waals surface area contributed by atoms with Gasteiger partial charge in [-0.05, 0) is 18.2 Å². The van der Waals surface area contributed by atoms with Crippen LogP contribution in [0.3, 0.4) is 0 Å². The molecule has 0 aliphatic carbocycles. The van der Waals surface area contributed by atoms with Gasteiger partial charge in [-0.1, -0.05) is 0 Å². The molecule has 1 aliphatic rings. The summed E-state index contributed by atoms with van der Waals surface area (Å²) in [6.07, 6.45) is 8.91. The minimum absolute atomic E-state index is 0.357. The summed E-state index contributed by atoms with van der Waals surface area (Å²) in [5.41, 5.74) is 3.97. The minimum Gasteiger partial charge on any atom is -0.374 e. The fourth-order valence-corrected chi connectivity index (χ4v) is 4.68. The molecule has 1 atom stereocenters. The number of aliphatic hydroxyl groups is 1. The van der Waals surface area contributed by atoms with Gasteiger partial charge in [0.05, 0.1) is 24.3 Å². The average Bonchev–Trinajstić information content (AvgIpc) is 3.48. The molecule has 1 unspecified atom stereocenters. The first-order chi connectivity index (χ1) is 15.4. The normalized spacial score (nSPS) is 17.1. The van der Waals surface area contributed by atoms with Gasteiger partial charge in [-0.2, -0.15) is 9.40 Å². The number of imidazole rings is 1. The van der Waals surface area contributed by atoms with Crippen LogP contribution >= 0.6 is 0 Å². The number of aromatic nitrogens is 6. The van der Waals surface area contributed by atoms with Crippen LogP contribution in [0.15, 0.2) is 49.3 Å². The van der Waals surface area contributed by atoms with E-state index in [2.05, 4.69) is 25.0 Å². The highest BCUT2D eigenvalue weighted by atomic mass is 32.2. The number of nitrogens with zero attached hydrogens (tertiary/aromatic N) is 7. The van der Waals surface area contributed by atoms with Crippen molar-refractivity contribution in [3.8, 4) is 16.9 Å². The molecule has 0 saturated carbocycles. The summed E-state index contributed by atoms with van der Waals surface area (Å²) in [5.74, 6) is 0.615. The summed E-state index contributed by atoms with van der Waals surface area (Å²) in [6.45, 7) is 1.62. The molecule has 0 spiro atoms. The van der Waals surface area contributed by atoms with E-state index >= 15 is 0 Å². The molecule has 0 amide bonds. The van der Waals surface area contributed by atoms with Crippen LogP contribution in [0.4, 0.5) is 0 Å². The van der Waals surface area contributed by atoms with Gasteiger partial charge < -0.3 is 10.1 Å². The lowest BCUT2D eigenvalue weighted by atomic mass is 10.1. The third-order valence-corrected chi connectivity index (χ3v) is 6.92. The molecule has 0 aromatic carbocycles. The van der Waals surface area contributed by atoms with E-state index in [0.29, 0.717) is 43.2 Å². The molecule has 2 N–H and O–H groups in total. The summed E-state index contributed by atoms with van der Waals surface area (Å²) in [7, 11) is -3.21. The lowest BCUT2D eigenvalue weighted by Gasteiger charge is -2.36. The van der Waals surface area contributed by atoms with Crippen LogP contribution in [0.5, 0.6) is 0 Å². The van der Waals surface area contributed by atoms with Gasteiger partial charge in [-0.25, -0.2) is 28.1 Å². The van der Waals surface area contributed by atoms with Gasteiger partial charge in [0, 0.05) is 61.5 Å². The van der Waals surface area contributed by atoms with Crippen molar-refractivity contribution in [2.24, 2.45) is 0 Å². The number of nitrogens with one attached hydrogen (secondary N) is 1. The Morgan fingerprint density at radius 1 is 1.06 bits per heavy atom. The van der Waals surface area contributed by atoms with E-state index in [1.807, 2.05) is 17.2 Å². The Kier molecular flexibility index (Phi) is 5.21. The van der Waals surface area contributed by atoms with Crippen LogP contribution in [0, 0.1) is 0 Å². The highest BCUT2D eigenvalue weighted by Crippen LogP contribution is 2.26. The molecule has 4 aromatic rings. The van der Waals surface area contributed by atoms with Crippen molar-refractivity contribution in [3.63, 3.8) is 0 Å². The fourth-order valence-electron chi connectivity index (χ4n) is 3.85. The van der Waals surface area contributed by atoms with Gasteiger partial charge in [0.2, 0.25) is 10.0 Å². The van der Waals surface area contributed by atoms with Gasteiger partial charge in [-0.15, -0.1) is 0 Å². The number of pyridine rings is 2. The number of hydrogen-bond donors (Lipinski definition) is 2. The van der Waals surface area contributed by atoms with Crippen molar-refractivity contribution in [2.75, 3.05) is 32.4 Å². The molecule has 4 aromatic heterocycles. The van der Waals surface area contributed by atoms with Crippen LogP contribution in [-0.4, -0.2) is 84.9 Å². The zero-order valence-electron chi connectivity index (χ0n) is 17.3. The van der Waals surface area contributed by atoms with Crippen molar-refractivity contribution < 1.29 is 13.5 Å². The van der Waals surface area contributed by atoms with Gasteiger partial charge in [-0.3, -0.25) is 4.90 Å². The van der Waals surface area contributed by atoms with E-state index in [9.17, 15) is 13.5 Å². The summed E-state index contributed by atoms with van der Waals surface area (Å²) in [5, 5.41) is 15.1. The summed E-state index contributed by atoms with van der Waals surface area (Å²) < 4.78 is 26.4. The molecule has 5 rings (SSSR count). The van der Waals surface area contributed by atoms with Crippen molar-refractivity contribution in [1.29, 1.82) is 0 Å². The molecule has 32 heavy (non-hydrogen) atoms. The molecular weight excluding hydrogens is 432 g/mol. The van der Waals surface area contributed by atoms with E-state index in [4.69, 9.17) is 0 Å². The maximum Gasteiger partial charge on any atom is 0.211 e. The molecule has 166 valence electrons. The first-order valence-electron chi connectivity index (χ1n) is 10.1. The Balaban J connectivity index is 1.31. The number of rotatable bonds is 5. The Morgan fingerprint density at radius 3 is 2.59 bits per heavy atom. The average molecular weight is 455 g/mol. The van der Waals surface area contributed by atoms with Gasteiger partial charge >= 0.3 is 0 Å². The molecule has 1 aliphatic heterocycles. The van der Waals surface area contributed by atoms with Gasteiger partial charge in [0.25, 0.3) is 0 Å². The largest absolute Gasteiger partial charge is 0.374 e. The molecule has 1 saturated heterocycles. The summed E-state index contributed by atoms with van der Waals surface area (Å²) in [4.78, 5) is 17.8. The predicted molar refractivity (Wildman–Crippen MR) is 117 cm³/mol. The fraction of sp³-hybridized carbons (Fsp3) is 0.300. The lowest BCUT2D eigenvalue weighted by Crippen LogP contribution is -2.49. The second kappa shape index (κ2) is 8.06.